The molecule has 1 unspecified atom stereocenters. The summed E-state index contributed by atoms with van der Waals surface area (Å²) in [6, 6.07) is 0.534. The second kappa shape index (κ2) is 8.28. The number of nitrogens with zero attached hydrogens (tertiary/aromatic N) is 1. The second-order valence-corrected chi connectivity index (χ2v) is 3.19. The van der Waals surface area contributed by atoms with E-state index in [9.17, 15) is 0 Å². The van der Waals surface area contributed by atoms with E-state index in [0.717, 1.165) is 38.7 Å². The maximum absolute atomic E-state index is 5.21. The Morgan fingerprint density at radius 1 is 1.64 bits per heavy atom. The first-order valence-electron chi connectivity index (χ1n) is 4.95. The highest BCUT2D eigenvalue weighted by Gasteiger charge is 2.09. The van der Waals surface area contributed by atoms with E-state index < -0.39 is 0 Å². The summed E-state index contributed by atoms with van der Waals surface area (Å²) in [6.45, 7) is 7.43. The van der Waals surface area contributed by atoms with Gasteiger partial charge in [-0.2, -0.15) is 0 Å². The predicted molar refractivity (Wildman–Crippen MR) is 69.4 cm³/mol. The zero-order valence-corrected chi connectivity index (χ0v) is 11.2. The van der Waals surface area contributed by atoms with Gasteiger partial charge in [-0.1, -0.05) is 0 Å². The first-order valence-corrected chi connectivity index (χ1v) is 4.95. The lowest BCUT2D eigenvalue weighted by molar-refractivity contribution is 0.152. The molecule has 0 aromatic carbocycles. The number of hydrogen-bond donors (Lipinski definition) is 2. The van der Waals surface area contributed by atoms with Crippen LogP contribution in [0.2, 0.25) is 0 Å². The summed E-state index contributed by atoms with van der Waals surface area (Å²) in [6.07, 6.45) is 1.12. The standard InChI is InChI=1S/C9H19N3O.HI/c1-3-13-7-6-11-9-10-5-4-8(2)12-9;/h8H,3-7H2,1-2H3,(H2,10,11,12);1H. The van der Waals surface area contributed by atoms with Crippen molar-refractivity contribution in [3.63, 3.8) is 0 Å². The molecule has 14 heavy (non-hydrogen) atoms. The fraction of sp³-hybridized carbons (Fsp3) is 0.889. The molecular weight excluding hydrogens is 293 g/mol. The van der Waals surface area contributed by atoms with Crippen molar-refractivity contribution in [2.24, 2.45) is 4.99 Å². The van der Waals surface area contributed by atoms with Gasteiger partial charge in [-0.15, -0.1) is 24.0 Å². The molecular formula is C9H20IN3O. The molecule has 0 aliphatic carbocycles. The molecule has 5 heteroatoms. The van der Waals surface area contributed by atoms with Gasteiger partial charge < -0.3 is 15.4 Å². The Balaban J connectivity index is 0.00000169. The van der Waals surface area contributed by atoms with Crippen molar-refractivity contribution in [1.82, 2.24) is 10.6 Å². The van der Waals surface area contributed by atoms with E-state index in [1.165, 1.54) is 0 Å². The largest absolute Gasteiger partial charge is 0.380 e. The van der Waals surface area contributed by atoms with Crippen molar-refractivity contribution >= 4 is 29.9 Å². The van der Waals surface area contributed by atoms with Gasteiger partial charge in [0.05, 0.1) is 6.61 Å². The fourth-order valence-corrected chi connectivity index (χ4v) is 1.21. The number of rotatable bonds is 4. The Morgan fingerprint density at radius 2 is 2.43 bits per heavy atom. The first-order chi connectivity index (χ1) is 6.33. The molecule has 1 aliphatic rings. The van der Waals surface area contributed by atoms with Crippen LogP contribution in [0.4, 0.5) is 0 Å². The lowest BCUT2D eigenvalue weighted by Gasteiger charge is -2.21. The molecule has 0 aromatic heterocycles. The maximum atomic E-state index is 5.21. The third-order valence-corrected chi connectivity index (χ3v) is 1.96. The zero-order valence-electron chi connectivity index (χ0n) is 8.88. The Bertz CT molecular complexity index is 175. The molecule has 0 bridgehead atoms. The molecule has 0 aromatic rings. The van der Waals surface area contributed by atoms with Crippen LogP contribution in [-0.2, 0) is 4.74 Å². The van der Waals surface area contributed by atoms with Crippen molar-refractivity contribution in [3.05, 3.63) is 0 Å². The van der Waals surface area contributed by atoms with Crippen molar-refractivity contribution in [2.75, 3.05) is 26.3 Å². The summed E-state index contributed by atoms with van der Waals surface area (Å²) < 4.78 is 5.21. The van der Waals surface area contributed by atoms with E-state index >= 15 is 0 Å². The van der Waals surface area contributed by atoms with Crippen LogP contribution in [0.3, 0.4) is 0 Å². The molecule has 1 rings (SSSR count). The Labute approximate surface area is 103 Å². The summed E-state index contributed by atoms with van der Waals surface area (Å²) in [7, 11) is 0. The number of halogens is 1. The number of ether oxygens (including phenoxy) is 1. The topological polar surface area (TPSA) is 45.6 Å². The van der Waals surface area contributed by atoms with E-state index in [0.29, 0.717) is 6.04 Å². The summed E-state index contributed by atoms with van der Waals surface area (Å²) in [5.41, 5.74) is 0. The van der Waals surface area contributed by atoms with Crippen LogP contribution in [0.1, 0.15) is 20.3 Å². The molecule has 1 aliphatic heterocycles. The van der Waals surface area contributed by atoms with E-state index in [1.54, 1.807) is 0 Å². The normalized spacial score (nSPS) is 20.4. The van der Waals surface area contributed by atoms with E-state index in [2.05, 4.69) is 22.5 Å². The molecule has 0 fully saturated rings. The van der Waals surface area contributed by atoms with E-state index in [-0.39, 0.29) is 24.0 Å². The van der Waals surface area contributed by atoms with Crippen LogP contribution in [-0.4, -0.2) is 38.3 Å². The zero-order chi connectivity index (χ0) is 9.52. The SMILES string of the molecule is CCOCCNC1=NCCC(C)N1.I. The molecule has 4 nitrogen and oxygen atoms in total. The van der Waals surface area contributed by atoms with Gasteiger partial charge in [-0.05, 0) is 20.3 Å². The molecule has 84 valence electrons. The van der Waals surface area contributed by atoms with Gasteiger partial charge in [0, 0.05) is 25.7 Å². The minimum absolute atomic E-state index is 0. The fourth-order valence-electron chi connectivity index (χ4n) is 1.21. The van der Waals surface area contributed by atoms with E-state index in [1.807, 2.05) is 6.92 Å². The molecule has 2 N–H and O–H groups in total. The van der Waals surface area contributed by atoms with Crippen molar-refractivity contribution in [1.29, 1.82) is 0 Å². The number of nitrogens with one attached hydrogen (secondary N) is 2. The molecule has 0 spiro atoms. The maximum Gasteiger partial charge on any atom is 0.191 e. The third kappa shape index (κ3) is 5.64. The minimum atomic E-state index is 0. The Hall–Kier alpha value is -0.0400. The predicted octanol–water partition coefficient (Wildman–Crippen LogP) is 0.968. The van der Waals surface area contributed by atoms with Crippen LogP contribution in [0, 0.1) is 0 Å². The van der Waals surface area contributed by atoms with Crippen LogP contribution < -0.4 is 10.6 Å². The number of aliphatic imine (C=N–C) groups is 1. The highest BCUT2D eigenvalue weighted by Crippen LogP contribution is 1.96. The molecule has 1 atom stereocenters. The average Bonchev–Trinajstić information content (AvgIpc) is 2.13. The molecule has 0 amide bonds. The molecule has 0 saturated carbocycles. The minimum Gasteiger partial charge on any atom is -0.380 e. The second-order valence-electron chi connectivity index (χ2n) is 3.19. The molecule has 1 heterocycles. The first kappa shape index (κ1) is 14.0. The summed E-state index contributed by atoms with van der Waals surface area (Å²) in [5.74, 6) is 0.915. The van der Waals surface area contributed by atoms with Gasteiger partial charge in [-0.3, -0.25) is 4.99 Å². The molecule has 0 radical (unpaired) electrons. The average molecular weight is 313 g/mol. The summed E-state index contributed by atoms with van der Waals surface area (Å²) in [5, 5.41) is 6.48. The van der Waals surface area contributed by atoms with Gasteiger partial charge in [0.1, 0.15) is 0 Å². The lowest BCUT2D eigenvalue weighted by atomic mass is 10.2. The third-order valence-electron chi connectivity index (χ3n) is 1.96. The lowest BCUT2D eigenvalue weighted by Crippen LogP contribution is -2.46. The van der Waals surface area contributed by atoms with E-state index in [4.69, 9.17) is 4.74 Å². The van der Waals surface area contributed by atoms with Gasteiger partial charge >= 0.3 is 0 Å². The van der Waals surface area contributed by atoms with Gasteiger partial charge in [-0.25, -0.2) is 0 Å². The van der Waals surface area contributed by atoms with Crippen molar-refractivity contribution in [2.45, 2.75) is 26.3 Å². The summed E-state index contributed by atoms with van der Waals surface area (Å²) in [4.78, 5) is 4.32. The summed E-state index contributed by atoms with van der Waals surface area (Å²) >= 11 is 0. The van der Waals surface area contributed by atoms with Gasteiger partial charge in [0.2, 0.25) is 0 Å². The van der Waals surface area contributed by atoms with Crippen LogP contribution in [0.5, 0.6) is 0 Å². The van der Waals surface area contributed by atoms with Crippen molar-refractivity contribution in [3.8, 4) is 0 Å². The smallest absolute Gasteiger partial charge is 0.191 e. The van der Waals surface area contributed by atoms with Crippen LogP contribution in [0.25, 0.3) is 0 Å². The highest BCUT2D eigenvalue weighted by atomic mass is 127. The van der Waals surface area contributed by atoms with Crippen LogP contribution in [0.15, 0.2) is 4.99 Å². The number of hydrogen-bond acceptors (Lipinski definition) is 4. The van der Waals surface area contributed by atoms with Gasteiger partial charge in [0.15, 0.2) is 5.96 Å². The molecule has 0 saturated heterocycles. The van der Waals surface area contributed by atoms with Crippen LogP contribution >= 0.6 is 24.0 Å². The Morgan fingerprint density at radius 3 is 3.07 bits per heavy atom. The Kier molecular flexibility index (Phi) is 8.26. The number of guanidine groups is 1. The quantitative estimate of drug-likeness (QED) is 0.600. The van der Waals surface area contributed by atoms with Crippen molar-refractivity contribution < 1.29 is 4.74 Å². The van der Waals surface area contributed by atoms with Gasteiger partial charge in [0.25, 0.3) is 0 Å². The highest BCUT2D eigenvalue weighted by molar-refractivity contribution is 14.0. The monoisotopic (exact) mass is 313 g/mol.